The summed E-state index contributed by atoms with van der Waals surface area (Å²) < 4.78 is 5.48. The van der Waals surface area contributed by atoms with Crippen molar-refractivity contribution in [3.8, 4) is 5.75 Å². The number of hydrogen-bond donors (Lipinski definition) is 1. The summed E-state index contributed by atoms with van der Waals surface area (Å²) in [5.74, 6) is 3.41. The zero-order valence-corrected chi connectivity index (χ0v) is 14.3. The summed E-state index contributed by atoms with van der Waals surface area (Å²) in [5, 5.41) is 0. The van der Waals surface area contributed by atoms with E-state index in [1.807, 2.05) is 23.9 Å². The van der Waals surface area contributed by atoms with Crippen LogP contribution >= 0.6 is 11.8 Å². The van der Waals surface area contributed by atoms with Crippen molar-refractivity contribution in [3.05, 3.63) is 29.8 Å². The van der Waals surface area contributed by atoms with E-state index in [1.54, 1.807) is 7.11 Å². The number of para-hydroxylation sites is 1. The Morgan fingerprint density at radius 2 is 2.19 bits per heavy atom. The minimum atomic E-state index is 0.157. The zero-order valence-electron chi connectivity index (χ0n) is 13.5. The van der Waals surface area contributed by atoms with Gasteiger partial charge in [-0.15, -0.1) is 0 Å². The molecule has 1 aliphatic heterocycles. The van der Waals surface area contributed by atoms with Crippen LogP contribution in [0.5, 0.6) is 5.75 Å². The Morgan fingerprint density at radius 3 is 2.81 bits per heavy atom. The Kier molecular flexibility index (Phi) is 5.97. The molecule has 1 aromatic rings. The molecule has 2 atom stereocenters. The highest BCUT2D eigenvalue weighted by Gasteiger charge is 2.37. The number of methoxy groups -OCH3 is 1. The van der Waals surface area contributed by atoms with E-state index in [2.05, 4.69) is 31.0 Å². The second kappa shape index (κ2) is 7.52. The van der Waals surface area contributed by atoms with Crippen molar-refractivity contribution in [2.24, 2.45) is 5.73 Å². The van der Waals surface area contributed by atoms with Gasteiger partial charge in [-0.05, 0) is 50.6 Å². The highest BCUT2D eigenvalue weighted by Crippen LogP contribution is 2.33. The molecule has 1 saturated heterocycles. The Hall–Kier alpha value is -0.710. The summed E-state index contributed by atoms with van der Waals surface area (Å²) >= 11 is 2.04. The lowest BCUT2D eigenvalue weighted by molar-refractivity contribution is 0.0926. The van der Waals surface area contributed by atoms with E-state index >= 15 is 0 Å². The fourth-order valence-electron chi connectivity index (χ4n) is 3.22. The average Bonchev–Trinajstić information content (AvgIpc) is 2.55. The number of ether oxygens (including phenoxy) is 1. The van der Waals surface area contributed by atoms with Crippen LogP contribution in [0.2, 0.25) is 0 Å². The van der Waals surface area contributed by atoms with Crippen molar-refractivity contribution in [1.82, 2.24) is 4.90 Å². The molecule has 2 N–H and O–H groups in total. The summed E-state index contributed by atoms with van der Waals surface area (Å²) in [7, 11) is 3.98. The molecule has 0 radical (unpaired) electrons. The predicted octanol–water partition coefficient (Wildman–Crippen LogP) is 2.78. The molecule has 1 aromatic carbocycles. The van der Waals surface area contributed by atoms with Crippen molar-refractivity contribution in [1.29, 1.82) is 0 Å². The van der Waals surface area contributed by atoms with E-state index < -0.39 is 0 Å². The molecule has 0 aromatic heterocycles. The molecule has 0 saturated carbocycles. The lowest BCUT2D eigenvalue weighted by atomic mass is 9.91. The van der Waals surface area contributed by atoms with Crippen LogP contribution in [0.25, 0.3) is 0 Å². The average molecular weight is 308 g/mol. The number of benzene rings is 1. The van der Waals surface area contributed by atoms with Gasteiger partial charge in [0.1, 0.15) is 5.75 Å². The number of hydrogen-bond acceptors (Lipinski definition) is 4. The van der Waals surface area contributed by atoms with Crippen molar-refractivity contribution in [2.75, 3.05) is 32.2 Å². The summed E-state index contributed by atoms with van der Waals surface area (Å²) in [4.78, 5) is 2.51. The molecule has 0 spiro atoms. The van der Waals surface area contributed by atoms with Gasteiger partial charge in [-0.25, -0.2) is 0 Å². The molecule has 2 rings (SSSR count). The molecule has 1 aliphatic rings. The molecular formula is C17H28N2OS. The maximum atomic E-state index is 6.15. The molecule has 0 amide bonds. The number of likely N-dealkylation sites (N-methyl/N-ethyl adjacent to an activating group) is 1. The summed E-state index contributed by atoms with van der Waals surface area (Å²) in [6.45, 7) is 3.04. The van der Waals surface area contributed by atoms with Crippen LogP contribution < -0.4 is 10.5 Å². The monoisotopic (exact) mass is 308 g/mol. The van der Waals surface area contributed by atoms with Gasteiger partial charge < -0.3 is 10.5 Å². The number of nitrogens with two attached hydrogens (primary N) is 1. The first-order chi connectivity index (χ1) is 10.1. The molecule has 0 bridgehead atoms. The van der Waals surface area contributed by atoms with E-state index in [1.165, 1.54) is 24.2 Å². The first kappa shape index (κ1) is 16.7. The van der Waals surface area contributed by atoms with Crippen molar-refractivity contribution in [3.63, 3.8) is 0 Å². The third-order valence-electron chi connectivity index (χ3n) is 4.80. The molecule has 21 heavy (non-hydrogen) atoms. The summed E-state index contributed by atoms with van der Waals surface area (Å²) in [6.07, 6.45) is 3.48. The zero-order chi connectivity index (χ0) is 15.3. The van der Waals surface area contributed by atoms with Crippen LogP contribution in [0.15, 0.2) is 24.3 Å². The first-order valence-corrected chi connectivity index (χ1v) is 8.91. The lowest BCUT2D eigenvalue weighted by Gasteiger charge is -2.46. The third-order valence-corrected chi connectivity index (χ3v) is 6.12. The van der Waals surface area contributed by atoms with Gasteiger partial charge in [-0.2, -0.15) is 11.8 Å². The quantitative estimate of drug-likeness (QED) is 0.877. The SMILES string of the molecule is COc1ccccc1CC(C)N(C)C1(CN)CCCSC1. The molecule has 4 heteroatoms. The Morgan fingerprint density at radius 1 is 1.43 bits per heavy atom. The third kappa shape index (κ3) is 3.74. The Balaban J connectivity index is 2.09. The number of rotatable bonds is 6. The largest absolute Gasteiger partial charge is 0.496 e. The molecule has 1 heterocycles. The molecule has 2 unspecified atom stereocenters. The second-order valence-corrected chi connectivity index (χ2v) is 7.17. The maximum Gasteiger partial charge on any atom is 0.122 e. The van der Waals surface area contributed by atoms with Gasteiger partial charge in [0.05, 0.1) is 7.11 Å². The van der Waals surface area contributed by atoms with Crippen molar-refractivity contribution >= 4 is 11.8 Å². The topological polar surface area (TPSA) is 38.5 Å². The number of thioether (sulfide) groups is 1. The van der Waals surface area contributed by atoms with Crippen molar-refractivity contribution < 1.29 is 4.74 Å². The van der Waals surface area contributed by atoms with E-state index in [0.717, 1.165) is 24.5 Å². The van der Waals surface area contributed by atoms with E-state index in [4.69, 9.17) is 10.5 Å². The molecule has 3 nitrogen and oxygen atoms in total. The van der Waals surface area contributed by atoms with Gasteiger partial charge in [0.15, 0.2) is 0 Å². The fourth-order valence-corrected chi connectivity index (χ4v) is 4.55. The highest BCUT2D eigenvalue weighted by atomic mass is 32.2. The second-order valence-electron chi connectivity index (χ2n) is 6.06. The van der Waals surface area contributed by atoms with Gasteiger partial charge in [-0.3, -0.25) is 4.90 Å². The predicted molar refractivity (Wildman–Crippen MR) is 92.3 cm³/mol. The standard InChI is InChI=1S/C17H28N2OS/c1-14(11-15-7-4-5-8-16(15)20-3)19(2)17(12-18)9-6-10-21-13-17/h4-5,7-8,14H,6,9-13,18H2,1-3H3. The van der Waals surface area contributed by atoms with E-state index in [-0.39, 0.29) is 5.54 Å². The van der Waals surface area contributed by atoms with Crippen LogP contribution in [0.4, 0.5) is 0 Å². The van der Waals surface area contributed by atoms with E-state index in [9.17, 15) is 0 Å². The summed E-state index contributed by atoms with van der Waals surface area (Å²) in [5.41, 5.74) is 7.58. The number of nitrogens with zero attached hydrogens (tertiary/aromatic N) is 1. The lowest BCUT2D eigenvalue weighted by Crippen LogP contribution is -2.58. The summed E-state index contributed by atoms with van der Waals surface area (Å²) in [6, 6.07) is 8.75. The first-order valence-electron chi connectivity index (χ1n) is 7.75. The van der Waals surface area contributed by atoms with Gasteiger partial charge in [0, 0.05) is 23.9 Å². The van der Waals surface area contributed by atoms with Gasteiger partial charge in [0.25, 0.3) is 0 Å². The van der Waals surface area contributed by atoms with Crippen LogP contribution in [0.1, 0.15) is 25.3 Å². The maximum absolute atomic E-state index is 6.15. The van der Waals surface area contributed by atoms with Crippen LogP contribution in [-0.2, 0) is 6.42 Å². The minimum absolute atomic E-state index is 0.157. The van der Waals surface area contributed by atoms with E-state index in [0.29, 0.717) is 6.04 Å². The Labute approximate surface area is 133 Å². The van der Waals surface area contributed by atoms with Crippen LogP contribution in [0, 0.1) is 0 Å². The molecule has 1 fully saturated rings. The van der Waals surface area contributed by atoms with Gasteiger partial charge in [-0.1, -0.05) is 18.2 Å². The van der Waals surface area contributed by atoms with Crippen LogP contribution in [0.3, 0.4) is 0 Å². The van der Waals surface area contributed by atoms with Gasteiger partial charge in [0.2, 0.25) is 0 Å². The smallest absolute Gasteiger partial charge is 0.122 e. The minimum Gasteiger partial charge on any atom is -0.496 e. The van der Waals surface area contributed by atoms with Crippen LogP contribution in [-0.4, -0.2) is 48.7 Å². The van der Waals surface area contributed by atoms with Gasteiger partial charge >= 0.3 is 0 Å². The highest BCUT2D eigenvalue weighted by molar-refractivity contribution is 7.99. The molecule has 118 valence electrons. The Bertz CT molecular complexity index is 446. The molecular weight excluding hydrogens is 280 g/mol. The molecule has 0 aliphatic carbocycles. The normalized spacial score (nSPS) is 24.0. The van der Waals surface area contributed by atoms with Crippen molar-refractivity contribution in [2.45, 2.75) is 37.8 Å². The fraction of sp³-hybridized carbons (Fsp3) is 0.647.